The van der Waals surface area contributed by atoms with Gasteiger partial charge in [0.15, 0.2) is 0 Å². The molecule has 0 atom stereocenters. The molecule has 0 amide bonds. The largest absolute Gasteiger partial charge is 0.481 e. The van der Waals surface area contributed by atoms with E-state index < -0.39 is 11.4 Å². The van der Waals surface area contributed by atoms with Crippen molar-refractivity contribution < 1.29 is 9.90 Å². The molecule has 1 saturated carbocycles. The van der Waals surface area contributed by atoms with E-state index in [9.17, 15) is 4.79 Å². The summed E-state index contributed by atoms with van der Waals surface area (Å²) in [7, 11) is 0. The minimum absolute atomic E-state index is 0.552. The Hall–Kier alpha value is -1.31. The number of hydrogen-bond donors (Lipinski definition) is 1. The summed E-state index contributed by atoms with van der Waals surface area (Å²) in [5.74, 6) is -0.672. The number of carboxylic acids is 1. The Morgan fingerprint density at radius 2 is 1.94 bits per heavy atom. The van der Waals surface area contributed by atoms with E-state index in [-0.39, 0.29) is 0 Å². The molecule has 1 aliphatic carbocycles. The van der Waals surface area contributed by atoms with E-state index in [2.05, 4.69) is 19.1 Å². The number of unbranched alkanes of at least 4 members (excludes halogenated alkanes) is 1. The predicted molar refractivity (Wildman–Crippen MR) is 63.6 cm³/mol. The van der Waals surface area contributed by atoms with Crippen LogP contribution in [-0.4, -0.2) is 11.1 Å². The first-order valence-corrected chi connectivity index (χ1v) is 6.02. The summed E-state index contributed by atoms with van der Waals surface area (Å²) in [6.45, 7) is 2.18. The van der Waals surface area contributed by atoms with Crippen LogP contribution in [0.25, 0.3) is 0 Å². The monoisotopic (exact) mass is 218 g/mol. The van der Waals surface area contributed by atoms with E-state index in [0.717, 1.165) is 24.8 Å². The molecule has 0 bridgehead atoms. The number of aliphatic carboxylic acids is 1. The molecule has 0 unspecified atom stereocenters. The first kappa shape index (κ1) is 11.2. The van der Waals surface area contributed by atoms with E-state index in [1.807, 2.05) is 12.1 Å². The summed E-state index contributed by atoms with van der Waals surface area (Å²) in [5.41, 5.74) is 1.73. The van der Waals surface area contributed by atoms with Crippen molar-refractivity contribution >= 4 is 5.97 Å². The van der Waals surface area contributed by atoms with Gasteiger partial charge in [0.2, 0.25) is 0 Å². The van der Waals surface area contributed by atoms with Crippen LogP contribution in [-0.2, 0) is 16.6 Å². The highest BCUT2D eigenvalue weighted by molar-refractivity contribution is 5.84. The van der Waals surface area contributed by atoms with Crippen LogP contribution in [0, 0.1) is 0 Å². The molecule has 2 heteroatoms. The molecule has 86 valence electrons. The molecule has 0 radical (unpaired) electrons. The average Bonchev–Trinajstić information content (AvgIpc) is 3.08. The Morgan fingerprint density at radius 1 is 1.31 bits per heavy atom. The average molecular weight is 218 g/mol. The van der Waals surface area contributed by atoms with Crippen LogP contribution in [0.15, 0.2) is 24.3 Å². The standard InChI is InChI=1S/C14H18O2/c1-2-3-4-11-5-7-12(8-6-11)14(9-10-14)13(15)16/h5-8H,2-4,9-10H2,1H3,(H,15,16). The maximum absolute atomic E-state index is 11.1. The second-order valence-electron chi connectivity index (χ2n) is 4.69. The molecule has 0 heterocycles. The van der Waals surface area contributed by atoms with Gasteiger partial charge in [-0.15, -0.1) is 0 Å². The van der Waals surface area contributed by atoms with Crippen molar-refractivity contribution in [2.75, 3.05) is 0 Å². The van der Waals surface area contributed by atoms with Crippen molar-refractivity contribution in [1.29, 1.82) is 0 Å². The second kappa shape index (κ2) is 4.28. The topological polar surface area (TPSA) is 37.3 Å². The van der Waals surface area contributed by atoms with Gasteiger partial charge >= 0.3 is 5.97 Å². The van der Waals surface area contributed by atoms with E-state index in [1.165, 1.54) is 18.4 Å². The predicted octanol–water partition coefficient (Wildman–Crippen LogP) is 3.15. The minimum Gasteiger partial charge on any atom is -0.481 e. The first-order chi connectivity index (χ1) is 7.69. The van der Waals surface area contributed by atoms with Crippen LogP contribution in [0.5, 0.6) is 0 Å². The highest BCUT2D eigenvalue weighted by Gasteiger charge is 2.51. The normalized spacial score (nSPS) is 17.1. The van der Waals surface area contributed by atoms with Gasteiger partial charge in [0.25, 0.3) is 0 Å². The number of benzene rings is 1. The Balaban J connectivity index is 2.11. The van der Waals surface area contributed by atoms with Crippen molar-refractivity contribution in [3.05, 3.63) is 35.4 Å². The Labute approximate surface area is 96.3 Å². The van der Waals surface area contributed by atoms with Crippen LogP contribution in [0.3, 0.4) is 0 Å². The quantitative estimate of drug-likeness (QED) is 0.824. The zero-order valence-corrected chi connectivity index (χ0v) is 9.70. The Kier molecular flexibility index (Phi) is 2.99. The zero-order chi connectivity index (χ0) is 11.6. The van der Waals surface area contributed by atoms with Gasteiger partial charge in [-0.2, -0.15) is 0 Å². The molecular weight excluding hydrogens is 200 g/mol. The van der Waals surface area contributed by atoms with Gasteiger partial charge in [-0.05, 0) is 36.8 Å². The zero-order valence-electron chi connectivity index (χ0n) is 9.70. The fourth-order valence-corrected chi connectivity index (χ4v) is 2.12. The number of rotatable bonds is 5. The number of carbonyl (C=O) groups is 1. The van der Waals surface area contributed by atoms with Crippen molar-refractivity contribution in [2.24, 2.45) is 0 Å². The van der Waals surface area contributed by atoms with Crippen molar-refractivity contribution in [1.82, 2.24) is 0 Å². The number of hydrogen-bond acceptors (Lipinski definition) is 1. The SMILES string of the molecule is CCCCc1ccc(C2(C(=O)O)CC2)cc1. The van der Waals surface area contributed by atoms with E-state index in [1.54, 1.807) is 0 Å². The lowest BCUT2D eigenvalue weighted by Crippen LogP contribution is -2.19. The van der Waals surface area contributed by atoms with Crippen molar-refractivity contribution in [3.8, 4) is 0 Å². The third-order valence-electron chi connectivity index (χ3n) is 3.48. The molecule has 0 spiro atoms. The molecule has 1 N–H and O–H groups in total. The lowest BCUT2D eigenvalue weighted by molar-refractivity contribution is -0.140. The molecule has 0 saturated heterocycles. The molecule has 2 nitrogen and oxygen atoms in total. The third-order valence-corrected chi connectivity index (χ3v) is 3.48. The minimum atomic E-state index is -0.672. The van der Waals surface area contributed by atoms with Crippen LogP contribution in [0.4, 0.5) is 0 Å². The fraction of sp³-hybridized carbons (Fsp3) is 0.500. The van der Waals surface area contributed by atoms with E-state index in [0.29, 0.717) is 0 Å². The van der Waals surface area contributed by atoms with E-state index in [4.69, 9.17) is 5.11 Å². The van der Waals surface area contributed by atoms with Gasteiger partial charge < -0.3 is 5.11 Å². The summed E-state index contributed by atoms with van der Waals surface area (Å²) in [5, 5.41) is 9.17. The third kappa shape index (κ3) is 1.97. The van der Waals surface area contributed by atoms with Crippen LogP contribution in [0.2, 0.25) is 0 Å². The van der Waals surface area contributed by atoms with Gasteiger partial charge in [0, 0.05) is 0 Å². The van der Waals surface area contributed by atoms with Crippen LogP contribution in [0.1, 0.15) is 43.7 Å². The smallest absolute Gasteiger partial charge is 0.314 e. The molecule has 1 aliphatic rings. The Bertz CT molecular complexity index is 374. The van der Waals surface area contributed by atoms with Gasteiger partial charge in [-0.3, -0.25) is 4.79 Å². The van der Waals surface area contributed by atoms with Gasteiger partial charge in [0.05, 0.1) is 5.41 Å². The van der Waals surface area contributed by atoms with Crippen LogP contribution >= 0.6 is 0 Å². The molecule has 1 aromatic carbocycles. The molecular formula is C14H18O2. The molecule has 1 aromatic rings. The van der Waals surface area contributed by atoms with Gasteiger partial charge in [-0.1, -0.05) is 37.6 Å². The van der Waals surface area contributed by atoms with E-state index >= 15 is 0 Å². The van der Waals surface area contributed by atoms with Crippen molar-refractivity contribution in [3.63, 3.8) is 0 Å². The van der Waals surface area contributed by atoms with Gasteiger partial charge in [-0.25, -0.2) is 0 Å². The summed E-state index contributed by atoms with van der Waals surface area (Å²) in [6.07, 6.45) is 5.06. The summed E-state index contributed by atoms with van der Waals surface area (Å²) < 4.78 is 0. The van der Waals surface area contributed by atoms with Crippen LogP contribution < -0.4 is 0 Å². The number of aryl methyl sites for hydroxylation is 1. The summed E-state index contributed by atoms with van der Waals surface area (Å²) in [4.78, 5) is 11.1. The molecule has 1 fully saturated rings. The second-order valence-corrected chi connectivity index (χ2v) is 4.69. The maximum atomic E-state index is 11.1. The molecule has 0 aliphatic heterocycles. The summed E-state index contributed by atoms with van der Waals surface area (Å²) >= 11 is 0. The Morgan fingerprint density at radius 3 is 2.38 bits per heavy atom. The first-order valence-electron chi connectivity index (χ1n) is 6.02. The highest BCUT2D eigenvalue weighted by atomic mass is 16.4. The lowest BCUT2D eigenvalue weighted by atomic mass is 9.94. The lowest BCUT2D eigenvalue weighted by Gasteiger charge is -2.10. The van der Waals surface area contributed by atoms with Gasteiger partial charge in [0.1, 0.15) is 0 Å². The molecule has 2 rings (SSSR count). The molecule has 16 heavy (non-hydrogen) atoms. The number of carboxylic acid groups (broad SMARTS) is 1. The maximum Gasteiger partial charge on any atom is 0.314 e. The fourth-order valence-electron chi connectivity index (χ4n) is 2.12. The summed E-state index contributed by atoms with van der Waals surface area (Å²) in [6, 6.07) is 8.14. The van der Waals surface area contributed by atoms with Crippen molar-refractivity contribution in [2.45, 2.75) is 44.4 Å². The highest BCUT2D eigenvalue weighted by Crippen LogP contribution is 2.48. The molecule has 0 aromatic heterocycles.